The molecular formula is C39H63NO12. The second kappa shape index (κ2) is 14.0. The molecule has 1 spiro atoms. The Morgan fingerprint density at radius 3 is 2.21 bits per heavy atom. The number of hydrogen-bond donors (Lipinski definition) is 8. The van der Waals surface area contributed by atoms with Crippen LogP contribution in [0.4, 0.5) is 0 Å². The topological polar surface area (TPSA) is 200 Å². The van der Waals surface area contributed by atoms with Gasteiger partial charge < -0.3 is 59.4 Å². The lowest BCUT2D eigenvalue weighted by Crippen LogP contribution is -2.65. The van der Waals surface area contributed by atoms with Crippen LogP contribution in [0.3, 0.4) is 0 Å². The molecule has 0 aromatic carbocycles. The summed E-state index contributed by atoms with van der Waals surface area (Å²) < 4.78 is 30.6. The van der Waals surface area contributed by atoms with Crippen LogP contribution in [0.5, 0.6) is 0 Å². The summed E-state index contributed by atoms with van der Waals surface area (Å²) in [6, 6.07) is 0. The lowest BCUT2D eigenvalue weighted by Gasteiger charge is -2.59. The molecule has 4 saturated heterocycles. The van der Waals surface area contributed by atoms with Crippen LogP contribution in [0.2, 0.25) is 0 Å². The quantitative estimate of drug-likeness (QED) is 0.179. The average Bonchev–Trinajstić information content (AvgIpc) is 3.58. The monoisotopic (exact) mass is 737 g/mol. The summed E-state index contributed by atoms with van der Waals surface area (Å²) >= 11 is 0. The van der Waals surface area contributed by atoms with Crippen molar-refractivity contribution in [3.8, 4) is 0 Å². The van der Waals surface area contributed by atoms with Crippen LogP contribution in [0.15, 0.2) is 11.6 Å². The molecule has 52 heavy (non-hydrogen) atoms. The summed E-state index contributed by atoms with van der Waals surface area (Å²) in [4.78, 5) is 0. The molecule has 0 aromatic rings. The highest BCUT2D eigenvalue weighted by molar-refractivity contribution is 5.26. The molecule has 4 aliphatic heterocycles. The first kappa shape index (κ1) is 38.1. The van der Waals surface area contributed by atoms with Crippen molar-refractivity contribution >= 4 is 0 Å². The zero-order valence-corrected chi connectivity index (χ0v) is 31.1. The third kappa shape index (κ3) is 5.90. The fraction of sp³-hybridized carbons (Fsp3) is 0.949. The fourth-order valence-electron chi connectivity index (χ4n) is 12.8. The Labute approximate surface area is 307 Å². The van der Waals surface area contributed by atoms with E-state index in [0.717, 1.165) is 38.6 Å². The Morgan fingerprint density at radius 1 is 0.808 bits per heavy atom. The number of nitrogens with one attached hydrogen (secondary N) is 1. The minimum Gasteiger partial charge on any atom is -0.394 e. The second-order valence-corrected chi connectivity index (χ2v) is 18.4. The number of fused-ring (bicyclic) bond motifs is 7. The zero-order valence-electron chi connectivity index (χ0n) is 31.1. The fourth-order valence-corrected chi connectivity index (χ4v) is 12.8. The molecule has 3 saturated carbocycles. The molecular weight excluding hydrogens is 674 g/mol. The molecule has 8 N–H and O–H groups in total. The van der Waals surface area contributed by atoms with Crippen LogP contribution in [0.1, 0.15) is 85.5 Å². The van der Waals surface area contributed by atoms with E-state index in [-0.39, 0.29) is 22.7 Å². The first-order valence-electron chi connectivity index (χ1n) is 20.1. The summed E-state index contributed by atoms with van der Waals surface area (Å²) in [5.41, 5.74) is 1.57. The van der Waals surface area contributed by atoms with Gasteiger partial charge in [0.15, 0.2) is 12.6 Å². The highest BCUT2D eigenvalue weighted by atomic mass is 16.7. The van der Waals surface area contributed by atoms with Crippen molar-refractivity contribution in [2.24, 2.45) is 46.3 Å². The van der Waals surface area contributed by atoms with Crippen molar-refractivity contribution in [2.75, 3.05) is 19.8 Å². The summed E-state index contributed by atoms with van der Waals surface area (Å²) in [5.74, 6) is 3.63. The van der Waals surface area contributed by atoms with E-state index in [1.165, 1.54) is 24.8 Å². The molecule has 0 aromatic heterocycles. The van der Waals surface area contributed by atoms with Crippen LogP contribution in [0.25, 0.3) is 0 Å². The van der Waals surface area contributed by atoms with Crippen LogP contribution in [-0.2, 0) is 23.7 Å². The van der Waals surface area contributed by atoms with Gasteiger partial charge in [0.05, 0.1) is 25.4 Å². The molecule has 7 fully saturated rings. The van der Waals surface area contributed by atoms with Gasteiger partial charge >= 0.3 is 0 Å². The molecule has 8 rings (SSSR count). The number of piperidine rings is 1. The van der Waals surface area contributed by atoms with E-state index in [1.54, 1.807) is 0 Å². The van der Waals surface area contributed by atoms with Gasteiger partial charge in [0.1, 0.15) is 54.6 Å². The van der Waals surface area contributed by atoms with Crippen molar-refractivity contribution in [2.45, 2.75) is 165 Å². The van der Waals surface area contributed by atoms with Crippen LogP contribution < -0.4 is 5.32 Å². The van der Waals surface area contributed by atoms with Gasteiger partial charge in [-0.05, 0) is 98.2 Å². The Hall–Kier alpha value is -0.780. The Kier molecular flexibility index (Phi) is 10.3. The summed E-state index contributed by atoms with van der Waals surface area (Å²) in [6.45, 7) is 9.61. The van der Waals surface area contributed by atoms with Crippen LogP contribution in [0, 0.1) is 46.3 Å². The van der Waals surface area contributed by atoms with Crippen LogP contribution in [-0.4, -0.2) is 135 Å². The normalized spacial score (nSPS) is 57.5. The summed E-state index contributed by atoms with van der Waals surface area (Å²) in [7, 11) is 0. The van der Waals surface area contributed by atoms with E-state index in [9.17, 15) is 35.7 Å². The number of aliphatic hydroxyl groups is 7. The third-order valence-electron chi connectivity index (χ3n) is 15.8. The molecule has 21 atom stereocenters. The van der Waals surface area contributed by atoms with E-state index in [0.29, 0.717) is 48.0 Å². The molecule has 0 unspecified atom stereocenters. The van der Waals surface area contributed by atoms with E-state index in [4.69, 9.17) is 23.7 Å². The molecule has 13 heteroatoms. The van der Waals surface area contributed by atoms with Gasteiger partial charge in [0, 0.05) is 12.5 Å². The highest BCUT2D eigenvalue weighted by Gasteiger charge is 2.68. The molecule has 8 aliphatic rings. The smallest absolute Gasteiger partial charge is 0.187 e. The molecule has 4 heterocycles. The standard InChI is InChI=1S/C39H63NO12/c1-18-7-12-39(40-15-18)19(2)28-25(52-39)14-24-22-6-5-20-13-21(8-10-37(20,3)23(22)9-11-38(24,28)4)48-36-33(47)34(30(44)27(17-42)50-36)51-35-32(46)31(45)29(43)26(16-41)49-35/h5,18-19,21-36,40-47H,6-17H2,1-4H3/t18-,19+,21+,22-,23+,24+,25+,26+,27+,28+,29+,30+,31-,32+,33+,34-,35-,36+,37+,38+,39+/m1/s1. The predicted octanol–water partition coefficient (Wildman–Crippen LogP) is 0.935. The van der Waals surface area contributed by atoms with Gasteiger partial charge in [-0.25, -0.2) is 0 Å². The van der Waals surface area contributed by atoms with Gasteiger partial charge in [-0.3, -0.25) is 5.32 Å². The number of rotatable bonds is 6. The van der Waals surface area contributed by atoms with Gasteiger partial charge in [-0.15, -0.1) is 0 Å². The van der Waals surface area contributed by atoms with E-state index in [1.807, 2.05) is 0 Å². The Balaban J connectivity index is 0.938. The van der Waals surface area contributed by atoms with Crippen LogP contribution >= 0.6 is 0 Å². The lowest BCUT2D eigenvalue weighted by atomic mass is 9.47. The van der Waals surface area contributed by atoms with Gasteiger partial charge in [0.25, 0.3) is 0 Å². The maximum atomic E-state index is 11.4. The second-order valence-electron chi connectivity index (χ2n) is 18.4. The predicted molar refractivity (Wildman–Crippen MR) is 185 cm³/mol. The van der Waals surface area contributed by atoms with E-state index in [2.05, 4.69) is 39.1 Å². The van der Waals surface area contributed by atoms with Crippen molar-refractivity contribution in [1.29, 1.82) is 0 Å². The minimum atomic E-state index is -1.73. The molecule has 0 amide bonds. The first-order chi connectivity index (χ1) is 24.7. The Morgan fingerprint density at radius 2 is 1.52 bits per heavy atom. The van der Waals surface area contributed by atoms with E-state index < -0.39 is 74.6 Å². The summed E-state index contributed by atoms with van der Waals surface area (Å²) in [6.07, 6.45) is -2.81. The number of ether oxygens (including phenoxy) is 5. The van der Waals surface area contributed by atoms with Gasteiger partial charge in [0.2, 0.25) is 0 Å². The maximum absolute atomic E-state index is 11.4. The minimum absolute atomic E-state index is 0.0567. The number of hydrogen-bond acceptors (Lipinski definition) is 13. The summed E-state index contributed by atoms with van der Waals surface area (Å²) in [5, 5.41) is 76.8. The molecule has 0 bridgehead atoms. The molecule has 4 aliphatic carbocycles. The lowest BCUT2D eigenvalue weighted by molar-refractivity contribution is -0.364. The Bertz CT molecular complexity index is 1330. The molecule has 0 radical (unpaired) electrons. The third-order valence-corrected chi connectivity index (χ3v) is 15.8. The SMILES string of the molecule is C[C@@H]1CC[C@]2(NC1)O[C@H]1C[C@H]3[C@@H]4CC=C5C[C@@H](O[C@H]6O[C@@H](CO)[C@H](O)[C@@H](O[C@H]7O[C@@H](CO)[C@H](O)[C@@H](O)[C@@H]7O)[C@@H]6O)CC[C@]5(C)[C@H]4CC[C@]3(C)[C@H]1[C@@H]2C. The largest absolute Gasteiger partial charge is 0.394 e. The van der Waals surface area contributed by atoms with Crippen molar-refractivity contribution in [3.05, 3.63) is 11.6 Å². The first-order valence-corrected chi connectivity index (χ1v) is 20.1. The van der Waals surface area contributed by atoms with Gasteiger partial charge in [-0.1, -0.05) is 39.3 Å². The highest BCUT2D eigenvalue weighted by Crippen LogP contribution is 2.70. The maximum Gasteiger partial charge on any atom is 0.187 e. The molecule has 13 nitrogen and oxygen atoms in total. The molecule has 296 valence electrons. The average molecular weight is 738 g/mol. The van der Waals surface area contributed by atoms with E-state index >= 15 is 0 Å². The van der Waals surface area contributed by atoms with Gasteiger partial charge in [-0.2, -0.15) is 0 Å². The number of aliphatic hydroxyl groups excluding tert-OH is 7. The number of allylic oxidation sites excluding steroid dienone is 1. The zero-order chi connectivity index (χ0) is 36.9. The van der Waals surface area contributed by atoms with Crippen molar-refractivity contribution in [3.63, 3.8) is 0 Å². The van der Waals surface area contributed by atoms with Crippen molar-refractivity contribution in [1.82, 2.24) is 5.32 Å². The van der Waals surface area contributed by atoms with Crippen molar-refractivity contribution < 1.29 is 59.4 Å².